The summed E-state index contributed by atoms with van der Waals surface area (Å²) in [5, 5.41) is 0. The van der Waals surface area contributed by atoms with Crippen LogP contribution in [0.25, 0.3) is 0 Å². The van der Waals surface area contributed by atoms with Crippen LogP contribution in [-0.2, 0) is 4.79 Å². The van der Waals surface area contributed by atoms with Crippen LogP contribution in [-0.4, -0.2) is 76.8 Å². The molecule has 1 saturated carbocycles. The van der Waals surface area contributed by atoms with E-state index in [-0.39, 0.29) is 11.8 Å². The number of carbonyl (C=O) groups is 2. The van der Waals surface area contributed by atoms with E-state index in [0.29, 0.717) is 23.6 Å². The smallest absolute Gasteiger partial charge is 0.276 e. The first-order valence-corrected chi connectivity index (χ1v) is 11.5. The van der Waals surface area contributed by atoms with Crippen LogP contribution >= 0.6 is 0 Å². The highest BCUT2D eigenvalue weighted by Crippen LogP contribution is 2.41. The zero-order valence-electron chi connectivity index (χ0n) is 17.2. The Morgan fingerprint density at radius 2 is 1.66 bits per heavy atom. The molecular weight excluding hydrogens is 368 g/mol. The van der Waals surface area contributed by atoms with Crippen molar-refractivity contribution in [2.24, 2.45) is 5.92 Å². The van der Waals surface area contributed by atoms with Crippen molar-refractivity contribution in [3.05, 3.63) is 17.8 Å². The van der Waals surface area contributed by atoms with Gasteiger partial charge in [-0.2, -0.15) is 0 Å². The van der Waals surface area contributed by atoms with Crippen molar-refractivity contribution >= 4 is 11.8 Å². The van der Waals surface area contributed by atoms with Crippen molar-refractivity contribution in [2.45, 2.75) is 63.3 Å². The predicted molar refractivity (Wildman–Crippen MR) is 108 cm³/mol. The molecule has 7 heteroatoms. The Bertz CT molecular complexity index is 745. The molecular formula is C22H32N4O3. The summed E-state index contributed by atoms with van der Waals surface area (Å²) >= 11 is 0. The zero-order chi connectivity index (χ0) is 19.8. The second-order valence-electron chi connectivity index (χ2n) is 9.23. The van der Waals surface area contributed by atoms with Gasteiger partial charge in [-0.25, -0.2) is 4.98 Å². The van der Waals surface area contributed by atoms with E-state index in [1.165, 1.54) is 6.39 Å². The minimum absolute atomic E-state index is 0.0276. The predicted octanol–water partition coefficient (Wildman–Crippen LogP) is 2.49. The van der Waals surface area contributed by atoms with Gasteiger partial charge >= 0.3 is 0 Å². The van der Waals surface area contributed by atoms with Crippen LogP contribution in [0.5, 0.6) is 0 Å². The molecule has 0 bridgehead atoms. The van der Waals surface area contributed by atoms with Crippen LogP contribution in [0.2, 0.25) is 0 Å². The molecule has 3 saturated heterocycles. The normalized spacial score (nSPS) is 26.8. The van der Waals surface area contributed by atoms with Gasteiger partial charge in [0.2, 0.25) is 5.91 Å². The second kappa shape index (κ2) is 8.09. The van der Waals surface area contributed by atoms with Gasteiger partial charge in [0.05, 0.1) is 5.92 Å². The fraction of sp³-hybridized carbons (Fsp3) is 0.773. The molecule has 2 amide bonds. The fourth-order valence-corrected chi connectivity index (χ4v) is 5.37. The number of amides is 2. The number of aromatic nitrogens is 1. The minimum Gasteiger partial charge on any atom is -0.447 e. The average molecular weight is 401 g/mol. The lowest BCUT2D eigenvalue weighted by Crippen LogP contribution is -2.51. The van der Waals surface area contributed by atoms with Crippen molar-refractivity contribution in [1.82, 2.24) is 19.7 Å². The van der Waals surface area contributed by atoms with Crippen LogP contribution in [0.3, 0.4) is 0 Å². The number of carbonyl (C=O) groups excluding carboxylic acids is 2. The Morgan fingerprint density at radius 3 is 2.38 bits per heavy atom. The summed E-state index contributed by atoms with van der Waals surface area (Å²) in [7, 11) is 0. The molecule has 1 aromatic rings. The molecule has 0 aromatic carbocycles. The SMILES string of the molecule is O=C(c1ncoc1C1CC1)N1CCC(N2CCCC(C(=O)N3CCCC3)C2)CC1. The quantitative estimate of drug-likeness (QED) is 0.777. The highest BCUT2D eigenvalue weighted by Gasteiger charge is 2.37. The molecule has 5 rings (SSSR count). The summed E-state index contributed by atoms with van der Waals surface area (Å²) in [6, 6.07) is 0.480. The van der Waals surface area contributed by atoms with Gasteiger partial charge in [0.25, 0.3) is 5.91 Å². The van der Waals surface area contributed by atoms with E-state index in [4.69, 9.17) is 4.42 Å². The van der Waals surface area contributed by atoms with Crippen LogP contribution in [0.4, 0.5) is 0 Å². The molecule has 0 spiro atoms. The fourth-order valence-electron chi connectivity index (χ4n) is 5.37. The Labute approximate surface area is 172 Å². The summed E-state index contributed by atoms with van der Waals surface area (Å²) in [5.74, 6) is 1.75. The average Bonchev–Trinajstić information content (AvgIpc) is 3.26. The summed E-state index contributed by atoms with van der Waals surface area (Å²) in [6.45, 7) is 5.39. The van der Waals surface area contributed by atoms with Crippen LogP contribution < -0.4 is 0 Å². The minimum atomic E-state index is 0.0276. The summed E-state index contributed by atoms with van der Waals surface area (Å²) in [5.41, 5.74) is 0.528. The van der Waals surface area contributed by atoms with E-state index < -0.39 is 0 Å². The summed E-state index contributed by atoms with van der Waals surface area (Å²) in [4.78, 5) is 36.5. The van der Waals surface area contributed by atoms with Crippen LogP contribution in [0, 0.1) is 5.92 Å². The maximum absolute atomic E-state index is 12.9. The number of hydrogen-bond donors (Lipinski definition) is 0. The molecule has 4 aliphatic rings. The number of hydrogen-bond acceptors (Lipinski definition) is 5. The third kappa shape index (κ3) is 3.93. The maximum Gasteiger partial charge on any atom is 0.276 e. The van der Waals surface area contributed by atoms with Crippen molar-refractivity contribution in [3.63, 3.8) is 0 Å². The first kappa shape index (κ1) is 19.1. The molecule has 4 fully saturated rings. The van der Waals surface area contributed by atoms with Gasteiger partial charge in [-0.05, 0) is 57.9 Å². The lowest BCUT2D eigenvalue weighted by molar-refractivity contribution is -0.136. The Kier molecular flexibility index (Phi) is 5.33. The molecule has 4 heterocycles. The molecule has 1 aliphatic carbocycles. The zero-order valence-corrected chi connectivity index (χ0v) is 17.2. The molecule has 3 aliphatic heterocycles. The third-order valence-corrected chi connectivity index (χ3v) is 7.23. The van der Waals surface area contributed by atoms with Gasteiger partial charge in [0, 0.05) is 44.7 Å². The maximum atomic E-state index is 12.9. The van der Waals surface area contributed by atoms with E-state index in [0.717, 1.165) is 96.4 Å². The highest BCUT2D eigenvalue weighted by atomic mass is 16.3. The van der Waals surface area contributed by atoms with Crippen LogP contribution in [0.15, 0.2) is 10.8 Å². The number of oxazole rings is 1. The lowest BCUT2D eigenvalue weighted by Gasteiger charge is -2.42. The van der Waals surface area contributed by atoms with E-state index in [1.54, 1.807) is 0 Å². The lowest BCUT2D eigenvalue weighted by atomic mass is 9.93. The number of nitrogens with zero attached hydrogens (tertiary/aromatic N) is 4. The standard InChI is InChI=1S/C22H32N4O3/c27-21(24-9-1-2-10-24)17-4-3-11-26(14-17)18-7-12-25(13-8-18)22(28)19-20(16-5-6-16)29-15-23-19/h15-18H,1-14H2. The summed E-state index contributed by atoms with van der Waals surface area (Å²) in [6.07, 6.45) is 10.0. The van der Waals surface area contributed by atoms with Crippen molar-refractivity contribution in [1.29, 1.82) is 0 Å². The van der Waals surface area contributed by atoms with Gasteiger partial charge in [-0.15, -0.1) is 0 Å². The molecule has 1 unspecified atom stereocenters. The van der Waals surface area contributed by atoms with E-state index >= 15 is 0 Å². The Balaban J connectivity index is 1.15. The van der Waals surface area contributed by atoms with Crippen LogP contribution in [0.1, 0.15) is 73.5 Å². The Hall–Kier alpha value is -1.89. The first-order chi connectivity index (χ1) is 14.2. The van der Waals surface area contributed by atoms with Crippen molar-refractivity contribution in [3.8, 4) is 0 Å². The van der Waals surface area contributed by atoms with E-state index in [9.17, 15) is 9.59 Å². The van der Waals surface area contributed by atoms with Gasteiger partial charge in [0.1, 0.15) is 5.76 Å². The van der Waals surface area contributed by atoms with Crippen molar-refractivity contribution in [2.75, 3.05) is 39.3 Å². The number of rotatable bonds is 4. The Morgan fingerprint density at radius 1 is 0.897 bits per heavy atom. The topological polar surface area (TPSA) is 69.9 Å². The van der Waals surface area contributed by atoms with E-state index in [2.05, 4.69) is 14.8 Å². The van der Waals surface area contributed by atoms with Gasteiger partial charge < -0.3 is 14.2 Å². The van der Waals surface area contributed by atoms with Gasteiger partial charge in [-0.3, -0.25) is 14.5 Å². The van der Waals surface area contributed by atoms with E-state index in [1.807, 2.05) is 4.90 Å². The second-order valence-corrected chi connectivity index (χ2v) is 9.23. The summed E-state index contributed by atoms with van der Waals surface area (Å²) < 4.78 is 5.49. The van der Waals surface area contributed by atoms with Gasteiger partial charge in [-0.1, -0.05) is 0 Å². The van der Waals surface area contributed by atoms with Gasteiger partial charge in [0.15, 0.2) is 12.1 Å². The monoisotopic (exact) mass is 400 g/mol. The van der Waals surface area contributed by atoms with Crippen molar-refractivity contribution < 1.29 is 14.0 Å². The highest BCUT2D eigenvalue weighted by molar-refractivity contribution is 5.93. The number of likely N-dealkylation sites (tertiary alicyclic amines) is 3. The molecule has 1 atom stereocenters. The number of piperidine rings is 2. The molecule has 0 radical (unpaired) electrons. The molecule has 29 heavy (non-hydrogen) atoms. The third-order valence-electron chi connectivity index (χ3n) is 7.23. The molecule has 1 aromatic heterocycles. The molecule has 0 N–H and O–H groups in total. The largest absolute Gasteiger partial charge is 0.447 e. The molecule has 158 valence electrons. The first-order valence-electron chi connectivity index (χ1n) is 11.5. The molecule has 7 nitrogen and oxygen atoms in total.